The van der Waals surface area contributed by atoms with E-state index in [1.807, 2.05) is 40.8 Å². The van der Waals surface area contributed by atoms with Gasteiger partial charge in [-0.15, -0.1) is 21.5 Å². The standard InChI is InChI=1S/C21H20N6OS/c1-12(2)19-23-15-9-8-13(10-17(15)29-19)22-11-18-24-25-21-26(3)20(28)14-6-4-5-7-16(14)27(18)21/h4-10,12,22H,11H2,1-3H3. The molecule has 0 aliphatic carbocycles. The Balaban J connectivity index is 1.53. The number of fused-ring (bicyclic) bond motifs is 4. The molecule has 0 unspecified atom stereocenters. The number of nitrogens with zero attached hydrogens (tertiary/aromatic N) is 5. The molecule has 5 aromatic rings. The highest BCUT2D eigenvalue weighted by Crippen LogP contribution is 2.29. The zero-order valence-electron chi connectivity index (χ0n) is 16.4. The molecule has 0 spiro atoms. The average molecular weight is 404 g/mol. The van der Waals surface area contributed by atoms with Crippen molar-refractivity contribution >= 4 is 43.9 Å². The van der Waals surface area contributed by atoms with Crippen LogP contribution in [0.15, 0.2) is 47.3 Å². The lowest BCUT2D eigenvalue weighted by Crippen LogP contribution is -2.20. The van der Waals surface area contributed by atoms with Gasteiger partial charge in [0.15, 0.2) is 5.82 Å². The fraction of sp³-hybridized carbons (Fsp3) is 0.238. The van der Waals surface area contributed by atoms with Crippen LogP contribution in [0.2, 0.25) is 0 Å². The molecule has 0 saturated carbocycles. The summed E-state index contributed by atoms with van der Waals surface area (Å²) in [6.07, 6.45) is 0. The second kappa shape index (κ2) is 6.66. The second-order valence-electron chi connectivity index (χ2n) is 7.38. The summed E-state index contributed by atoms with van der Waals surface area (Å²) in [7, 11) is 1.72. The molecule has 146 valence electrons. The van der Waals surface area contributed by atoms with Gasteiger partial charge >= 0.3 is 0 Å². The van der Waals surface area contributed by atoms with Crippen molar-refractivity contribution in [3.05, 3.63) is 63.7 Å². The van der Waals surface area contributed by atoms with Gasteiger partial charge in [0, 0.05) is 18.7 Å². The Morgan fingerprint density at radius 3 is 2.79 bits per heavy atom. The normalized spacial score (nSPS) is 11.9. The highest BCUT2D eigenvalue weighted by molar-refractivity contribution is 7.18. The molecule has 1 N–H and O–H groups in total. The summed E-state index contributed by atoms with van der Waals surface area (Å²) >= 11 is 1.73. The van der Waals surface area contributed by atoms with Gasteiger partial charge in [0.2, 0.25) is 5.78 Å². The Labute approximate surface area is 170 Å². The molecule has 0 radical (unpaired) electrons. The van der Waals surface area contributed by atoms with E-state index in [0.29, 0.717) is 23.6 Å². The maximum atomic E-state index is 12.6. The highest BCUT2D eigenvalue weighted by Gasteiger charge is 2.14. The van der Waals surface area contributed by atoms with Crippen LogP contribution in [0.1, 0.15) is 30.6 Å². The SMILES string of the molecule is CC(C)c1nc2ccc(NCc3nnc4n(C)c(=O)c5ccccc5n34)cc2s1. The van der Waals surface area contributed by atoms with Crippen LogP contribution >= 0.6 is 11.3 Å². The van der Waals surface area contributed by atoms with Crippen LogP contribution in [0, 0.1) is 0 Å². The topological polar surface area (TPSA) is 77.1 Å². The molecule has 29 heavy (non-hydrogen) atoms. The van der Waals surface area contributed by atoms with Crippen LogP contribution in [0.25, 0.3) is 26.9 Å². The number of hydrogen-bond donors (Lipinski definition) is 1. The summed E-state index contributed by atoms with van der Waals surface area (Å²) in [6.45, 7) is 4.81. The number of hydrogen-bond acceptors (Lipinski definition) is 6. The fourth-order valence-corrected chi connectivity index (χ4v) is 4.50. The maximum absolute atomic E-state index is 12.6. The van der Waals surface area contributed by atoms with E-state index in [9.17, 15) is 4.79 Å². The van der Waals surface area contributed by atoms with Crippen LogP contribution in [-0.2, 0) is 13.6 Å². The van der Waals surface area contributed by atoms with Gasteiger partial charge in [-0.25, -0.2) is 4.98 Å². The summed E-state index contributed by atoms with van der Waals surface area (Å²) in [5.41, 5.74) is 2.77. The van der Waals surface area contributed by atoms with Crippen LogP contribution in [0.5, 0.6) is 0 Å². The van der Waals surface area contributed by atoms with Gasteiger partial charge in [-0.2, -0.15) is 0 Å². The Morgan fingerprint density at radius 1 is 1.14 bits per heavy atom. The molecule has 7 nitrogen and oxygen atoms in total. The molecule has 0 atom stereocenters. The van der Waals surface area contributed by atoms with E-state index in [2.05, 4.69) is 40.4 Å². The van der Waals surface area contributed by atoms with E-state index in [-0.39, 0.29) is 5.56 Å². The number of rotatable bonds is 4. The summed E-state index contributed by atoms with van der Waals surface area (Å²) in [5, 5.41) is 13.8. The monoisotopic (exact) mass is 404 g/mol. The number of anilines is 1. The Morgan fingerprint density at radius 2 is 1.97 bits per heavy atom. The Hall–Kier alpha value is -3.26. The van der Waals surface area contributed by atoms with Gasteiger partial charge in [-0.05, 0) is 30.3 Å². The van der Waals surface area contributed by atoms with E-state index in [4.69, 9.17) is 0 Å². The third-order valence-corrected chi connectivity index (χ3v) is 6.36. The minimum absolute atomic E-state index is 0.0726. The van der Waals surface area contributed by atoms with Crippen molar-refractivity contribution in [2.24, 2.45) is 7.05 Å². The van der Waals surface area contributed by atoms with Gasteiger partial charge in [0.05, 0.1) is 32.7 Å². The first-order valence-corrected chi connectivity index (χ1v) is 10.3. The molecular weight excluding hydrogens is 384 g/mol. The van der Waals surface area contributed by atoms with Gasteiger partial charge in [-0.3, -0.25) is 13.8 Å². The zero-order chi connectivity index (χ0) is 20.1. The molecule has 0 fully saturated rings. The van der Waals surface area contributed by atoms with E-state index >= 15 is 0 Å². The van der Waals surface area contributed by atoms with Crippen LogP contribution in [0.3, 0.4) is 0 Å². The molecule has 0 saturated heterocycles. The molecule has 0 amide bonds. The predicted molar refractivity (Wildman–Crippen MR) is 117 cm³/mol. The smallest absolute Gasteiger partial charge is 0.262 e. The summed E-state index contributed by atoms with van der Waals surface area (Å²) in [5.74, 6) is 1.70. The number of nitrogens with one attached hydrogen (secondary N) is 1. The fourth-order valence-electron chi connectivity index (χ4n) is 3.49. The predicted octanol–water partition coefficient (Wildman–Crippen LogP) is 3.93. The number of benzene rings is 2. The molecule has 0 aliphatic heterocycles. The summed E-state index contributed by atoms with van der Waals surface area (Å²) < 4.78 is 4.64. The first kappa shape index (κ1) is 17.8. The zero-order valence-corrected chi connectivity index (χ0v) is 17.2. The largest absolute Gasteiger partial charge is 0.378 e. The van der Waals surface area contributed by atoms with E-state index in [1.54, 1.807) is 18.4 Å². The van der Waals surface area contributed by atoms with Crippen molar-refractivity contribution in [1.29, 1.82) is 0 Å². The van der Waals surface area contributed by atoms with E-state index in [1.165, 1.54) is 4.57 Å². The average Bonchev–Trinajstić information content (AvgIpc) is 3.34. The third-order valence-electron chi connectivity index (χ3n) is 5.04. The van der Waals surface area contributed by atoms with Crippen molar-refractivity contribution in [3.63, 3.8) is 0 Å². The number of thiazole rings is 1. The number of aromatic nitrogens is 5. The van der Waals surface area contributed by atoms with Crippen molar-refractivity contribution in [1.82, 2.24) is 24.1 Å². The summed E-state index contributed by atoms with van der Waals surface area (Å²) in [6, 6.07) is 13.7. The van der Waals surface area contributed by atoms with Crippen molar-refractivity contribution in [3.8, 4) is 0 Å². The van der Waals surface area contributed by atoms with Gasteiger partial charge in [0.1, 0.15) is 0 Å². The molecule has 2 aromatic carbocycles. The number of aryl methyl sites for hydroxylation is 1. The summed E-state index contributed by atoms with van der Waals surface area (Å²) in [4.78, 5) is 17.3. The van der Waals surface area contributed by atoms with Crippen molar-refractivity contribution in [2.75, 3.05) is 5.32 Å². The maximum Gasteiger partial charge on any atom is 0.262 e. The quantitative estimate of drug-likeness (QED) is 0.491. The molecule has 0 bridgehead atoms. The first-order chi connectivity index (χ1) is 14.0. The first-order valence-electron chi connectivity index (χ1n) is 9.49. The molecule has 8 heteroatoms. The van der Waals surface area contributed by atoms with Crippen molar-refractivity contribution in [2.45, 2.75) is 26.3 Å². The molecule has 3 heterocycles. The molecular formula is C21H20N6OS. The molecule has 3 aromatic heterocycles. The molecule has 5 rings (SSSR count). The lowest BCUT2D eigenvalue weighted by atomic mass is 10.2. The van der Waals surface area contributed by atoms with E-state index in [0.717, 1.165) is 32.3 Å². The van der Waals surface area contributed by atoms with Crippen LogP contribution in [-0.4, -0.2) is 24.1 Å². The van der Waals surface area contributed by atoms with Gasteiger partial charge in [0.25, 0.3) is 5.56 Å². The Kier molecular flexibility index (Phi) is 4.09. The minimum Gasteiger partial charge on any atom is -0.378 e. The lowest BCUT2D eigenvalue weighted by Gasteiger charge is -2.09. The molecule has 0 aliphatic rings. The van der Waals surface area contributed by atoms with Gasteiger partial charge in [-0.1, -0.05) is 26.0 Å². The van der Waals surface area contributed by atoms with Gasteiger partial charge < -0.3 is 5.32 Å². The van der Waals surface area contributed by atoms with Crippen molar-refractivity contribution < 1.29 is 0 Å². The van der Waals surface area contributed by atoms with Crippen LogP contribution < -0.4 is 10.9 Å². The number of para-hydroxylation sites is 1. The van der Waals surface area contributed by atoms with E-state index < -0.39 is 0 Å². The third kappa shape index (κ3) is 2.87. The second-order valence-corrected chi connectivity index (χ2v) is 8.44. The lowest BCUT2D eigenvalue weighted by molar-refractivity contribution is 0.855. The Bertz CT molecular complexity index is 1430. The highest BCUT2D eigenvalue weighted by atomic mass is 32.1. The van der Waals surface area contributed by atoms with Crippen LogP contribution in [0.4, 0.5) is 5.69 Å². The minimum atomic E-state index is -0.0726.